The van der Waals surface area contributed by atoms with E-state index in [0.29, 0.717) is 48.1 Å². The van der Waals surface area contributed by atoms with Crippen LogP contribution >= 0.6 is 27.5 Å². The Kier molecular flexibility index (Phi) is 7.30. The summed E-state index contributed by atoms with van der Waals surface area (Å²) in [6.45, 7) is 0.755. The SMILES string of the molecule is COc1ccc(S(=O)(=O)N2CCC(Nc3cc(-c4ccccc4Cl)nc4c(Br)cnn34)CC2)cc1OC. The Morgan fingerprint density at radius 2 is 1.78 bits per heavy atom. The summed E-state index contributed by atoms with van der Waals surface area (Å²) in [6, 6.07) is 14.2. The van der Waals surface area contributed by atoms with Crippen LogP contribution < -0.4 is 14.8 Å². The van der Waals surface area contributed by atoms with Crippen molar-refractivity contribution in [2.75, 3.05) is 32.6 Å². The van der Waals surface area contributed by atoms with Crippen LogP contribution in [0.5, 0.6) is 11.5 Å². The number of ether oxygens (including phenoxy) is 2. The monoisotopic (exact) mass is 605 g/mol. The van der Waals surface area contributed by atoms with Crippen molar-refractivity contribution in [3.63, 3.8) is 0 Å². The van der Waals surface area contributed by atoms with Crippen molar-refractivity contribution in [2.24, 2.45) is 0 Å². The van der Waals surface area contributed by atoms with E-state index in [1.165, 1.54) is 24.6 Å². The van der Waals surface area contributed by atoms with Crippen LogP contribution in [0.25, 0.3) is 16.9 Å². The van der Waals surface area contributed by atoms with Gasteiger partial charge in [0.15, 0.2) is 17.1 Å². The minimum atomic E-state index is -3.67. The zero-order valence-corrected chi connectivity index (χ0v) is 23.3. The molecule has 0 atom stereocenters. The van der Waals surface area contributed by atoms with E-state index < -0.39 is 10.0 Å². The fourth-order valence-electron chi connectivity index (χ4n) is 4.42. The van der Waals surface area contributed by atoms with Crippen LogP contribution in [-0.4, -0.2) is 60.7 Å². The van der Waals surface area contributed by atoms with Gasteiger partial charge in [-0.3, -0.25) is 0 Å². The Bertz CT molecular complexity index is 1550. The van der Waals surface area contributed by atoms with Crippen LogP contribution in [0.1, 0.15) is 12.8 Å². The quantitative estimate of drug-likeness (QED) is 0.313. The number of methoxy groups -OCH3 is 2. The Morgan fingerprint density at radius 1 is 1.05 bits per heavy atom. The van der Waals surface area contributed by atoms with E-state index in [9.17, 15) is 8.42 Å². The molecular weight excluding hydrogens is 582 g/mol. The molecule has 0 unspecified atom stereocenters. The zero-order chi connectivity index (χ0) is 26.2. The van der Waals surface area contributed by atoms with Gasteiger partial charge in [0.05, 0.1) is 35.5 Å². The molecule has 194 valence electrons. The average Bonchev–Trinajstić information content (AvgIpc) is 3.29. The smallest absolute Gasteiger partial charge is 0.243 e. The van der Waals surface area contributed by atoms with Gasteiger partial charge < -0.3 is 14.8 Å². The van der Waals surface area contributed by atoms with Gasteiger partial charge in [0.1, 0.15) is 5.82 Å². The Balaban J connectivity index is 1.36. The molecule has 1 fully saturated rings. The first-order chi connectivity index (χ1) is 17.8. The first-order valence-electron chi connectivity index (χ1n) is 11.6. The van der Waals surface area contributed by atoms with Gasteiger partial charge in [0.25, 0.3) is 0 Å². The summed E-state index contributed by atoms with van der Waals surface area (Å²) < 4.78 is 41.1. The lowest BCUT2D eigenvalue weighted by molar-refractivity contribution is 0.328. The molecular formula is C25H25BrClN5O4S. The normalized spacial score (nSPS) is 15.1. The van der Waals surface area contributed by atoms with Crippen molar-refractivity contribution in [1.82, 2.24) is 18.9 Å². The maximum absolute atomic E-state index is 13.3. The molecule has 2 aromatic carbocycles. The van der Waals surface area contributed by atoms with Crippen molar-refractivity contribution < 1.29 is 17.9 Å². The lowest BCUT2D eigenvalue weighted by atomic mass is 10.1. The summed E-state index contributed by atoms with van der Waals surface area (Å²) in [5.74, 6) is 1.61. The molecule has 2 aromatic heterocycles. The number of nitrogens with zero attached hydrogens (tertiary/aromatic N) is 4. The number of anilines is 1. The Hall–Kier alpha value is -2.86. The average molecular weight is 607 g/mol. The number of benzene rings is 2. The predicted molar refractivity (Wildman–Crippen MR) is 146 cm³/mol. The van der Waals surface area contributed by atoms with Crippen molar-refractivity contribution in [2.45, 2.75) is 23.8 Å². The van der Waals surface area contributed by atoms with Crippen molar-refractivity contribution in [3.05, 3.63) is 64.2 Å². The molecule has 9 nitrogen and oxygen atoms in total. The van der Waals surface area contributed by atoms with Crippen molar-refractivity contribution in [1.29, 1.82) is 0 Å². The highest BCUT2D eigenvalue weighted by Gasteiger charge is 2.30. The largest absolute Gasteiger partial charge is 0.493 e. The number of halogens is 2. The van der Waals surface area contributed by atoms with E-state index >= 15 is 0 Å². The molecule has 0 aliphatic carbocycles. The fourth-order valence-corrected chi connectivity index (χ4v) is 6.49. The molecule has 0 bridgehead atoms. The molecule has 3 heterocycles. The third kappa shape index (κ3) is 5.00. The third-order valence-electron chi connectivity index (χ3n) is 6.38. The van der Waals surface area contributed by atoms with E-state index in [1.54, 1.807) is 22.8 Å². The van der Waals surface area contributed by atoms with Gasteiger partial charge in [-0.2, -0.15) is 13.9 Å². The summed E-state index contributed by atoms with van der Waals surface area (Å²) in [5.41, 5.74) is 2.20. The zero-order valence-electron chi connectivity index (χ0n) is 20.2. The highest BCUT2D eigenvalue weighted by Crippen LogP contribution is 2.33. The Labute approximate surface area is 228 Å². The maximum Gasteiger partial charge on any atom is 0.243 e. The number of sulfonamides is 1. The van der Waals surface area contributed by atoms with Crippen molar-refractivity contribution in [3.8, 4) is 22.8 Å². The second-order valence-electron chi connectivity index (χ2n) is 8.57. The summed E-state index contributed by atoms with van der Waals surface area (Å²) in [5, 5.41) is 8.61. The number of rotatable bonds is 7. The lowest BCUT2D eigenvalue weighted by Gasteiger charge is -2.32. The van der Waals surface area contributed by atoms with Crippen molar-refractivity contribution >= 4 is 49.0 Å². The molecule has 1 aliphatic rings. The van der Waals surface area contributed by atoms with E-state index in [0.717, 1.165) is 21.5 Å². The summed E-state index contributed by atoms with van der Waals surface area (Å²) >= 11 is 9.97. The number of hydrogen-bond donors (Lipinski definition) is 1. The highest BCUT2D eigenvalue weighted by molar-refractivity contribution is 9.10. The van der Waals surface area contributed by atoms with E-state index in [2.05, 4.69) is 26.3 Å². The standard InChI is InChI=1S/C25H25BrClN5O4S/c1-35-22-8-7-17(13-23(22)36-2)37(33,34)31-11-9-16(10-12-31)29-24-14-21(18-5-3-4-6-20(18)27)30-25-19(26)15-28-32(24)25/h3-8,13-16,29H,9-12H2,1-2H3. The molecule has 1 aliphatic heterocycles. The van der Waals surface area contributed by atoms with Gasteiger partial charge in [-0.1, -0.05) is 29.8 Å². The van der Waals surface area contributed by atoms with Crippen LogP contribution in [0.4, 0.5) is 5.82 Å². The van der Waals surface area contributed by atoms with Crippen LogP contribution in [0.2, 0.25) is 5.02 Å². The van der Waals surface area contributed by atoms with Crippen LogP contribution in [-0.2, 0) is 10.0 Å². The van der Waals surface area contributed by atoms with Gasteiger partial charge in [-0.05, 0) is 47.0 Å². The van der Waals surface area contributed by atoms with Gasteiger partial charge in [-0.15, -0.1) is 0 Å². The Morgan fingerprint density at radius 3 is 2.49 bits per heavy atom. The topological polar surface area (TPSA) is 98.1 Å². The third-order valence-corrected chi connectivity index (χ3v) is 9.16. The summed E-state index contributed by atoms with van der Waals surface area (Å²) in [7, 11) is -0.677. The molecule has 0 saturated carbocycles. The van der Waals surface area contributed by atoms with Gasteiger partial charge >= 0.3 is 0 Å². The minimum absolute atomic E-state index is 0.0459. The van der Waals surface area contributed by atoms with Gasteiger partial charge in [0, 0.05) is 41.9 Å². The number of fused-ring (bicyclic) bond motifs is 1. The predicted octanol–water partition coefficient (Wildman–Crippen LogP) is 5.09. The van der Waals surface area contributed by atoms with Crippen LogP contribution in [0.15, 0.2) is 64.1 Å². The molecule has 1 saturated heterocycles. The van der Waals surface area contributed by atoms with Crippen LogP contribution in [0, 0.1) is 0 Å². The fraction of sp³-hybridized carbons (Fsp3) is 0.280. The number of nitrogens with one attached hydrogen (secondary N) is 1. The lowest BCUT2D eigenvalue weighted by Crippen LogP contribution is -2.42. The molecule has 4 aromatic rings. The minimum Gasteiger partial charge on any atom is -0.493 e. The molecule has 0 amide bonds. The summed E-state index contributed by atoms with van der Waals surface area (Å²) in [4.78, 5) is 4.93. The number of hydrogen-bond acceptors (Lipinski definition) is 7. The maximum atomic E-state index is 13.3. The summed E-state index contributed by atoms with van der Waals surface area (Å²) in [6.07, 6.45) is 2.95. The van der Waals surface area contributed by atoms with Crippen LogP contribution in [0.3, 0.4) is 0 Å². The first kappa shape index (κ1) is 25.8. The number of aromatic nitrogens is 3. The van der Waals surface area contributed by atoms with E-state index in [-0.39, 0.29) is 10.9 Å². The highest BCUT2D eigenvalue weighted by atomic mass is 79.9. The van der Waals surface area contributed by atoms with Gasteiger partial charge in [0.2, 0.25) is 10.0 Å². The van der Waals surface area contributed by atoms with Gasteiger partial charge in [-0.25, -0.2) is 13.4 Å². The molecule has 1 N–H and O–H groups in total. The second kappa shape index (κ2) is 10.5. The van der Waals surface area contributed by atoms with E-state index in [4.69, 9.17) is 26.1 Å². The van der Waals surface area contributed by atoms with E-state index in [1.807, 2.05) is 30.3 Å². The molecule has 5 rings (SSSR count). The molecule has 12 heteroatoms. The first-order valence-corrected chi connectivity index (χ1v) is 14.2. The molecule has 0 radical (unpaired) electrons. The molecule has 0 spiro atoms. The second-order valence-corrected chi connectivity index (χ2v) is 11.8. The number of piperidine rings is 1. The molecule has 37 heavy (non-hydrogen) atoms.